The fraction of sp³-hybridized carbons (Fsp3) is 0. The molecule has 1 radical (unpaired) electrons. The van der Waals surface area contributed by atoms with Crippen LogP contribution in [-0.4, -0.2) is 25.6 Å². The topological polar surface area (TPSA) is 91.3 Å². The van der Waals surface area contributed by atoms with Crippen molar-refractivity contribution >= 4 is 23.2 Å². The minimum Gasteiger partial charge on any atom is -0.505 e. The van der Waals surface area contributed by atoms with Gasteiger partial charge in [-0.1, -0.05) is 23.7 Å². The monoisotopic (exact) mass is 287 g/mol. The molecule has 0 aliphatic rings. The lowest BCUT2D eigenvalue weighted by Crippen LogP contribution is -2.09. The Kier molecular flexibility index (Phi) is 2.80. The van der Waals surface area contributed by atoms with Crippen molar-refractivity contribution in [1.82, 2.24) is 20.3 Å². The first-order valence-electron chi connectivity index (χ1n) is 5.65. The first kappa shape index (κ1) is 12.4. The van der Waals surface area contributed by atoms with E-state index in [9.17, 15) is 9.90 Å². The fourth-order valence-electron chi connectivity index (χ4n) is 2.02. The highest BCUT2D eigenvalue weighted by atomic mass is 35.5. The van der Waals surface area contributed by atoms with Crippen LogP contribution in [0.3, 0.4) is 0 Å². The van der Waals surface area contributed by atoms with E-state index in [4.69, 9.17) is 17.3 Å². The van der Waals surface area contributed by atoms with Gasteiger partial charge in [-0.25, -0.2) is 9.50 Å². The van der Waals surface area contributed by atoms with Gasteiger partial charge in [-0.15, -0.1) is 0 Å². The quantitative estimate of drug-likeness (QED) is 0.782. The Labute approximate surface area is 118 Å². The number of pyridine rings is 1. The van der Waals surface area contributed by atoms with Gasteiger partial charge in [-0.2, -0.15) is 5.10 Å². The Hall–Kier alpha value is -2.60. The molecule has 1 aromatic carbocycles. The maximum atomic E-state index is 11.3. The van der Waals surface area contributed by atoms with E-state index in [-0.39, 0.29) is 11.4 Å². The smallest absolute Gasteiger partial charge is 0.292 e. The molecule has 0 spiro atoms. The molecule has 3 rings (SSSR count). The third-order valence-electron chi connectivity index (χ3n) is 2.89. The van der Waals surface area contributed by atoms with Crippen LogP contribution in [0, 0.1) is 0 Å². The molecule has 7 heteroatoms. The van der Waals surface area contributed by atoms with Crippen LogP contribution >= 0.6 is 11.6 Å². The minimum atomic E-state index is -1.03. The van der Waals surface area contributed by atoms with Gasteiger partial charge in [-0.05, 0) is 23.8 Å². The number of nitrogens with zero attached hydrogens (tertiary/aromatic N) is 3. The normalized spacial score (nSPS) is 10.8. The van der Waals surface area contributed by atoms with Crippen LogP contribution in [0.25, 0.3) is 16.8 Å². The number of fused-ring (bicyclic) bond motifs is 1. The highest BCUT2D eigenvalue weighted by Gasteiger charge is 2.18. The lowest BCUT2D eigenvalue weighted by Gasteiger charge is -2.08. The number of amides is 1. The van der Waals surface area contributed by atoms with Gasteiger partial charge in [0.05, 0.1) is 0 Å². The van der Waals surface area contributed by atoms with Gasteiger partial charge in [0.1, 0.15) is 12.1 Å². The number of rotatable bonds is 2. The lowest BCUT2D eigenvalue weighted by atomic mass is 10.1. The molecule has 0 saturated carbocycles. The van der Waals surface area contributed by atoms with Crippen molar-refractivity contribution in [1.29, 1.82) is 0 Å². The number of carbonyl (C=O) groups is 1. The van der Waals surface area contributed by atoms with Crippen molar-refractivity contribution < 1.29 is 9.90 Å². The third kappa shape index (κ3) is 1.86. The summed E-state index contributed by atoms with van der Waals surface area (Å²) in [7, 11) is 0. The number of aromatic nitrogens is 3. The van der Waals surface area contributed by atoms with E-state index in [1.807, 2.05) is 0 Å². The number of aromatic hydroxyl groups is 1. The van der Waals surface area contributed by atoms with Crippen molar-refractivity contribution in [2.24, 2.45) is 0 Å². The summed E-state index contributed by atoms with van der Waals surface area (Å²) in [6.45, 7) is 0. The Bertz CT molecular complexity index is 811. The Balaban J connectivity index is 2.33. The van der Waals surface area contributed by atoms with E-state index in [1.54, 1.807) is 24.3 Å². The largest absolute Gasteiger partial charge is 0.505 e. The summed E-state index contributed by atoms with van der Waals surface area (Å²) in [5, 5.41) is 14.4. The van der Waals surface area contributed by atoms with Gasteiger partial charge in [0.2, 0.25) is 0 Å². The summed E-state index contributed by atoms with van der Waals surface area (Å²) < 4.78 is 1.16. The van der Waals surface area contributed by atoms with E-state index < -0.39 is 5.91 Å². The maximum absolute atomic E-state index is 11.3. The second kappa shape index (κ2) is 4.50. The molecule has 0 saturated heterocycles. The van der Waals surface area contributed by atoms with Gasteiger partial charge < -0.3 is 5.11 Å². The summed E-state index contributed by atoms with van der Waals surface area (Å²) in [5.41, 5.74) is 8.72. The van der Waals surface area contributed by atoms with Crippen LogP contribution in [0.2, 0.25) is 5.02 Å². The Morgan fingerprint density at radius 2 is 2.00 bits per heavy atom. The zero-order chi connectivity index (χ0) is 14.3. The second-order valence-corrected chi connectivity index (χ2v) is 4.56. The number of halogens is 1. The van der Waals surface area contributed by atoms with Crippen LogP contribution in [-0.2, 0) is 0 Å². The molecule has 20 heavy (non-hydrogen) atoms. The van der Waals surface area contributed by atoms with Crippen LogP contribution < -0.4 is 5.73 Å². The van der Waals surface area contributed by atoms with Crippen molar-refractivity contribution in [3.8, 4) is 16.9 Å². The van der Waals surface area contributed by atoms with E-state index in [1.165, 1.54) is 12.4 Å². The summed E-state index contributed by atoms with van der Waals surface area (Å²) in [6.07, 6.45) is 1.26. The molecule has 0 atom stereocenters. The number of benzene rings is 1. The predicted octanol–water partition coefficient (Wildman–Crippen LogP) is 2.18. The van der Waals surface area contributed by atoms with Gasteiger partial charge in [0.15, 0.2) is 11.3 Å². The summed E-state index contributed by atoms with van der Waals surface area (Å²) >= 11 is 5.84. The van der Waals surface area contributed by atoms with Crippen LogP contribution in [0.1, 0.15) is 10.5 Å². The molecule has 2 heterocycles. The van der Waals surface area contributed by atoms with E-state index in [0.29, 0.717) is 16.2 Å². The van der Waals surface area contributed by atoms with Crippen molar-refractivity contribution in [2.45, 2.75) is 0 Å². The first-order valence-corrected chi connectivity index (χ1v) is 6.03. The number of hydrogen-bond acceptors (Lipinski definition) is 4. The number of carbonyl (C=O) groups excluding carboxylic acids is 1. The number of hydrogen-bond donors (Lipinski definition) is 1. The predicted molar refractivity (Wildman–Crippen MR) is 72.5 cm³/mol. The molecule has 6 nitrogen and oxygen atoms in total. The van der Waals surface area contributed by atoms with Crippen molar-refractivity contribution in [2.75, 3.05) is 0 Å². The molecular formula is C13H8ClN4O2. The van der Waals surface area contributed by atoms with Gasteiger partial charge in [0.25, 0.3) is 5.91 Å². The standard InChI is InChI=1S/C13H8ClN4O2/c14-8-3-1-7(2-4-8)9-5-10(19)11(12(15)20)18-13(9)16-6-17-18/h1-6,15,19H. The second-order valence-electron chi connectivity index (χ2n) is 4.12. The molecule has 1 amide bonds. The molecular weight excluding hydrogens is 280 g/mol. The molecule has 3 aromatic rings. The molecule has 0 aliphatic carbocycles. The Morgan fingerprint density at radius 1 is 1.30 bits per heavy atom. The summed E-state index contributed by atoms with van der Waals surface area (Å²) in [6, 6.07) is 8.37. The SMILES string of the molecule is [NH]C(=O)c1c(O)cc(-c2ccc(Cl)cc2)c2ncnn12. The molecule has 2 aromatic heterocycles. The van der Waals surface area contributed by atoms with Gasteiger partial charge in [0, 0.05) is 10.6 Å². The molecule has 0 fully saturated rings. The van der Waals surface area contributed by atoms with Crippen molar-refractivity contribution in [3.05, 3.63) is 47.4 Å². The summed E-state index contributed by atoms with van der Waals surface area (Å²) in [5.74, 6) is -1.34. The maximum Gasteiger partial charge on any atom is 0.292 e. The summed E-state index contributed by atoms with van der Waals surface area (Å²) in [4.78, 5) is 15.3. The van der Waals surface area contributed by atoms with Crippen LogP contribution in [0.4, 0.5) is 0 Å². The van der Waals surface area contributed by atoms with Crippen molar-refractivity contribution in [3.63, 3.8) is 0 Å². The molecule has 2 N–H and O–H groups in total. The first-order chi connectivity index (χ1) is 9.58. The van der Waals surface area contributed by atoms with Crippen LogP contribution in [0.5, 0.6) is 5.75 Å². The van der Waals surface area contributed by atoms with Gasteiger partial charge in [-0.3, -0.25) is 10.5 Å². The zero-order valence-electron chi connectivity index (χ0n) is 10.0. The molecule has 0 unspecified atom stereocenters. The molecule has 0 aliphatic heterocycles. The molecule has 99 valence electrons. The lowest BCUT2D eigenvalue weighted by molar-refractivity contribution is 0.0982. The number of nitrogens with one attached hydrogen (secondary N) is 1. The van der Waals surface area contributed by atoms with E-state index in [0.717, 1.165) is 10.1 Å². The Morgan fingerprint density at radius 3 is 2.65 bits per heavy atom. The fourth-order valence-corrected chi connectivity index (χ4v) is 2.15. The highest BCUT2D eigenvalue weighted by molar-refractivity contribution is 6.30. The average Bonchev–Trinajstić information content (AvgIpc) is 2.87. The minimum absolute atomic E-state index is 0.213. The third-order valence-corrected chi connectivity index (χ3v) is 3.15. The zero-order valence-corrected chi connectivity index (χ0v) is 10.8. The van der Waals surface area contributed by atoms with Gasteiger partial charge >= 0.3 is 0 Å². The average molecular weight is 288 g/mol. The van der Waals surface area contributed by atoms with Crippen LogP contribution in [0.15, 0.2) is 36.7 Å². The van der Waals surface area contributed by atoms with E-state index >= 15 is 0 Å². The molecule has 0 bridgehead atoms. The van der Waals surface area contributed by atoms with E-state index in [2.05, 4.69) is 10.1 Å². The highest BCUT2D eigenvalue weighted by Crippen LogP contribution is 2.30.